The summed E-state index contributed by atoms with van der Waals surface area (Å²) >= 11 is 0. The Balaban J connectivity index is 1.54. The summed E-state index contributed by atoms with van der Waals surface area (Å²) < 4.78 is 26.5. The van der Waals surface area contributed by atoms with Gasteiger partial charge in [0.25, 0.3) is 5.91 Å². The van der Waals surface area contributed by atoms with Crippen molar-refractivity contribution in [2.24, 2.45) is 0 Å². The molecule has 0 unspecified atom stereocenters. The van der Waals surface area contributed by atoms with Crippen molar-refractivity contribution < 1.29 is 13.2 Å². The van der Waals surface area contributed by atoms with Gasteiger partial charge in [-0.15, -0.1) is 0 Å². The summed E-state index contributed by atoms with van der Waals surface area (Å²) in [6.45, 7) is 0.0304. The van der Waals surface area contributed by atoms with Crippen molar-refractivity contribution in [1.82, 2.24) is 15.5 Å². The van der Waals surface area contributed by atoms with Crippen LogP contribution < -0.4 is 10.0 Å². The van der Waals surface area contributed by atoms with Gasteiger partial charge in [-0.25, -0.2) is 8.42 Å². The lowest BCUT2D eigenvalue weighted by molar-refractivity contribution is 0.0950. The molecule has 0 aliphatic heterocycles. The molecule has 24 heavy (non-hydrogen) atoms. The summed E-state index contributed by atoms with van der Waals surface area (Å²) in [5.74, 6) is -0.524. The SMILES string of the molecule is O=C(NCCS(=O)(=O)Nc1ccccc1)c1n[nH]c2c1CCCC2. The fourth-order valence-corrected chi connectivity index (χ4v) is 3.76. The molecule has 3 rings (SSSR count). The minimum absolute atomic E-state index is 0.0304. The predicted molar refractivity (Wildman–Crippen MR) is 91.4 cm³/mol. The first-order valence-electron chi connectivity index (χ1n) is 7.95. The highest BCUT2D eigenvalue weighted by Gasteiger charge is 2.21. The van der Waals surface area contributed by atoms with Gasteiger partial charge in [0, 0.05) is 23.5 Å². The van der Waals surface area contributed by atoms with Gasteiger partial charge in [0.05, 0.1) is 5.75 Å². The summed E-state index contributed by atoms with van der Waals surface area (Å²) in [5.41, 5.74) is 2.87. The molecule has 7 nitrogen and oxygen atoms in total. The number of H-pyrrole nitrogens is 1. The van der Waals surface area contributed by atoms with Gasteiger partial charge in [0.2, 0.25) is 10.0 Å². The van der Waals surface area contributed by atoms with Gasteiger partial charge in [0.1, 0.15) is 0 Å². The number of nitrogens with one attached hydrogen (secondary N) is 3. The fourth-order valence-electron chi connectivity index (χ4n) is 2.79. The van der Waals surface area contributed by atoms with Gasteiger partial charge in [-0.1, -0.05) is 18.2 Å². The Hall–Kier alpha value is -2.35. The van der Waals surface area contributed by atoms with Gasteiger partial charge in [-0.05, 0) is 37.8 Å². The maximum absolute atomic E-state index is 12.2. The number of rotatable bonds is 6. The molecule has 128 valence electrons. The maximum Gasteiger partial charge on any atom is 0.272 e. The van der Waals surface area contributed by atoms with Gasteiger partial charge >= 0.3 is 0 Å². The van der Waals surface area contributed by atoms with E-state index in [1.807, 2.05) is 6.07 Å². The average molecular weight is 348 g/mol. The molecule has 0 saturated heterocycles. The summed E-state index contributed by atoms with van der Waals surface area (Å²) in [4.78, 5) is 12.2. The number of nitrogens with zero attached hydrogens (tertiary/aromatic N) is 1. The molecule has 0 spiro atoms. The Kier molecular flexibility index (Phi) is 4.84. The molecule has 1 aliphatic rings. The van der Waals surface area contributed by atoms with Crippen LogP contribution in [0.4, 0.5) is 5.69 Å². The lowest BCUT2D eigenvalue weighted by Gasteiger charge is -2.11. The third kappa shape index (κ3) is 3.94. The Labute approximate surface area is 140 Å². The molecule has 0 atom stereocenters. The number of carbonyl (C=O) groups is 1. The molecule has 2 aromatic rings. The van der Waals surface area contributed by atoms with Gasteiger partial charge in [-0.3, -0.25) is 14.6 Å². The molecule has 0 bridgehead atoms. The number of para-hydroxylation sites is 1. The number of hydrogen-bond donors (Lipinski definition) is 3. The summed E-state index contributed by atoms with van der Waals surface area (Å²) in [6.07, 6.45) is 3.88. The first-order chi connectivity index (χ1) is 11.6. The second kappa shape index (κ2) is 7.04. The van der Waals surface area contributed by atoms with E-state index in [0.717, 1.165) is 36.9 Å². The van der Waals surface area contributed by atoms with E-state index in [-0.39, 0.29) is 18.2 Å². The van der Waals surface area contributed by atoms with Crippen LogP contribution in [0, 0.1) is 0 Å². The molecule has 1 aliphatic carbocycles. The lowest BCUT2D eigenvalue weighted by Crippen LogP contribution is -2.32. The highest BCUT2D eigenvalue weighted by molar-refractivity contribution is 7.92. The van der Waals surface area contributed by atoms with Crippen molar-refractivity contribution in [3.8, 4) is 0 Å². The maximum atomic E-state index is 12.2. The van der Waals surface area contributed by atoms with Crippen LogP contribution in [0.25, 0.3) is 0 Å². The van der Waals surface area contributed by atoms with E-state index in [0.29, 0.717) is 11.4 Å². The van der Waals surface area contributed by atoms with E-state index in [9.17, 15) is 13.2 Å². The van der Waals surface area contributed by atoms with E-state index in [1.165, 1.54) is 0 Å². The highest BCUT2D eigenvalue weighted by atomic mass is 32.2. The summed E-state index contributed by atoms with van der Waals surface area (Å²) in [6, 6.07) is 8.65. The topological polar surface area (TPSA) is 104 Å². The van der Waals surface area contributed by atoms with Crippen molar-refractivity contribution in [2.45, 2.75) is 25.7 Å². The molecule has 1 aromatic heterocycles. The monoisotopic (exact) mass is 348 g/mol. The van der Waals surface area contributed by atoms with Crippen molar-refractivity contribution in [3.63, 3.8) is 0 Å². The van der Waals surface area contributed by atoms with Crippen molar-refractivity contribution >= 4 is 21.6 Å². The van der Waals surface area contributed by atoms with Crippen LogP contribution in [0.2, 0.25) is 0 Å². The third-order valence-corrected chi connectivity index (χ3v) is 5.26. The highest BCUT2D eigenvalue weighted by Crippen LogP contribution is 2.21. The van der Waals surface area contributed by atoms with E-state index in [1.54, 1.807) is 24.3 Å². The number of aryl methyl sites for hydroxylation is 1. The molecule has 3 N–H and O–H groups in total. The minimum atomic E-state index is -3.51. The van der Waals surface area contributed by atoms with E-state index in [2.05, 4.69) is 20.2 Å². The molecule has 0 fully saturated rings. The Bertz CT molecular complexity index is 815. The second-order valence-electron chi connectivity index (χ2n) is 5.78. The quantitative estimate of drug-likeness (QED) is 0.735. The second-order valence-corrected chi connectivity index (χ2v) is 7.62. The Morgan fingerprint density at radius 2 is 1.92 bits per heavy atom. The Morgan fingerprint density at radius 3 is 2.71 bits per heavy atom. The Morgan fingerprint density at radius 1 is 1.17 bits per heavy atom. The van der Waals surface area contributed by atoms with E-state index in [4.69, 9.17) is 0 Å². The van der Waals surface area contributed by atoms with E-state index < -0.39 is 10.0 Å². The molecule has 1 amide bonds. The van der Waals surface area contributed by atoms with Gasteiger partial charge < -0.3 is 5.32 Å². The number of amides is 1. The number of anilines is 1. The first-order valence-corrected chi connectivity index (χ1v) is 9.60. The van der Waals surface area contributed by atoms with Gasteiger partial charge in [0.15, 0.2) is 5.69 Å². The molecular formula is C16H20N4O3S. The lowest BCUT2D eigenvalue weighted by atomic mass is 9.96. The van der Waals surface area contributed by atoms with Crippen LogP contribution in [-0.4, -0.2) is 36.8 Å². The molecule has 8 heteroatoms. The summed E-state index contributed by atoms with van der Waals surface area (Å²) in [5, 5.41) is 9.62. The number of hydrogen-bond acceptors (Lipinski definition) is 4. The number of carbonyl (C=O) groups excluding carboxylic acids is 1. The number of fused-ring (bicyclic) bond motifs is 1. The van der Waals surface area contributed by atoms with Crippen molar-refractivity contribution in [3.05, 3.63) is 47.3 Å². The van der Waals surface area contributed by atoms with Crippen LogP contribution in [-0.2, 0) is 22.9 Å². The predicted octanol–water partition coefficient (Wildman–Crippen LogP) is 1.46. The number of benzene rings is 1. The molecular weight excluding hydrogens is 328 g/mol. The van der Waals surface area contributed by atoms with Crippen LogP contribution in [0.1, 0.15) is 34.6 Å². The zero-order chi connectivity index (χ0) is 17.0. The third-order valence-electron chi connectivity index (χ3n) is 3.97. The average Bonchev–Trinajstić information content (AvgIpc) is 2.99. The molecule has 1 heterocycles. The number of sulfonamides is 1. The van der Waals surface area contributed by atoms with E-state index >= 15 is 0 Å². The number of aromatic amines is 1. The minimum Gasteiger partial charge on any atom is -0.350 e. The first kappa shape index (κ1) is 16.5. The smallest absolute Gasteiger partial charge is 0.272 e. The van der Waals surface area contributed by atoms with Crippen LogP contribution in [0.5, 0.6) is 0 Å². The van der Waals surface area contributed by atoms with Crippen LogP contribution in [0.3, 0.4) is 0 Å². The fraction of sp³-hybridized carbons (Fsp3) is 0.375. The number of aromatic nitrogens is 2. The largest absolute Gasteiger partial charge is 0.350 e. The zero-order valence-corrected chi connectivity index (χ0v) is 14.0. The summed E-state index contributed by atoms with van der Waals surface area (Å²) in [7, 11) is -3.51. The van der Waals surface area contributed by atoms with Crippen LogP contribution >= 0.6 is 0 Å². The van der Waals surface area contributed by atoms with Crippen molar-refractivity contribution in [2.75, 3.05) is 17.0 Å². The van der Waals surface area contributed by atoms with Crippen molar-refractivity contribution in [1.29, 1.82) is 0 Å². The standard InChI is InChI=1S/C16H20N4O3S/c21-16(15-13-8-4-5-9-14(13)18-19-15)17-10-11-24(22,23)20-12-6-2-1-3-7-12/h1-3,6-7,20H,4-5,8-11H2,(H,17,21)(H,18,19). The normalized spacial score (nSPS) is 14.0. The van der Waals surface area contributed by atoms with Gasteiger partial charge in [-0.2, -0.15) is 5.10 Å². The molecule has 0 radical (unpaired) electrons. The zero-order valence-electron chi connectivity index (χ0n) is 13.2. The molecule has 1 aromatic carbocycles. The van der Waals surface area contributed by atoms with Crippen LogP contribution in [0.15, 0.2) is 30.3 Å². The molecule has 0 saturated carbocycles.